The van der Waals surface area contributed by atoms with Crippen molar-refractivity contribution in [3.05, 3.63) is 90.0 Å². The molecule has 0 fully saturated rings. The molecule has 3 rings (SSSR count). The van der Waals surface area contributed by atoms with Crippen molar-refractivity contribution in [3.63, 3.8) is 0 Å². The summed E-state index contributed by atoms with van der Waals surface area (Å²) in [6.45, 7) is 5.35. The summed E-state index contributed by atoms with van der Waals surface area (Å²) in [7, 11) is -2.06. The van der Waals surface area contributed by atoms with Gasteiger partial charge < -0.3 is 15.2 Å². The second-order valence-electron chi connectivity index (χ2n) is 9.10. The lowest BCUT2D eigenvalue weighted by molar-refractivity contribution is 0.306. The van der Waals surface area contributed by atoms with Gasteiger partial charge in [0.25, 0.3) is 0 Å². The van der Waals surface area contributed by atoms with Crippen LogP contribution in [-0.2, 0) is 23.1 Å². The monoisotopic (exact) mass is 496 g/mol. The van der Waals surface area contributed by atoms with Crippen molar-refractivity contribution in [2.45, 2.75) is 44.2 Å². The van der Waals surface area contributed by atoms with E-state index >= 15 is 0 Å². The molecule has 0 aliphatic carbocycles. The number of ether oxygens (including phenoxy) is 2. The van der Waals surface area contributed by atoms with E-state index in [0.717, 1.165) is 16.9 Å². The zero-order valence-corrected chi connectivity index (χ0v) is 21.6. The molecule has 7 heteroatoms. The van der Waals surface area contributed by atoms with Gasteiger partial charge in [0.1, 0.15) is 18.1 Å². The second kappa shape index (κ2) is 12.7. The van der Waals surface area contributed by atoms with Crippen LogP contribution in [0.5, 0.6) is 11.5 Å². The Morgan fingerprint density at radius 2 is 1.49 bits per heavy atom. The highest BCUT2D eigenvalue weighted by Gasteiger charge is 2.25. The van der Waals surface area contributed by atoms with Crippen molar-refractivity contribution >= 4 is 10.0 Å². The van der Waals surface area contributed by atoms with Gasteiger partial charge in [0.15, 0.2) is 0 Å². The van der Waals surface area contributed by atoms with Crippen molar-refractivity contribution < 1.29 is 17.9 Å². The van der Waals surface area contributed by atoms with Gasteiger partial charge in [-0.05, 0) is 66.3 Å². The number of benzene rings is 3. The molecular formula is C28H36N2O4S. The summed E-state index contributed by atoms with van der Waals surface area (Å²) in [5.74, 6) is 1.63. The molecule has 0 saturated carbocycles. The predicted molar refractivity (Wildman–Crippen MR) is 140 cm³/mol. The lowest BCUT2D eigenvalue weighted by Crippen LogP contribution is -2.38. The van der Waals surface area contributed by atoms with Crippen LogP contribution in [0.4, 0.5) is 0 Å². The summed E-state index contributed by atoms with van der Waals surface area (Å²) in [6, 6.07) is 24.3. The van der Waals surface area contributed by atoms with Gasteiger partial charge in [0, 0.05) is 19.1 Å². The van der Waals surface area contributed by atoms with Crippen LogP contribution in [0.25, 0.3) is 0 Å². The van der Waals surface area contributed by atoms with E-state index in [9.17, 15) is 8.42 Å². The average molecular weight is 497 g/mol. The minimum Gasteiger partial charge on any atom is -0.497 e. The molecule has 0 spiro atoms. The number of methoxy groups -OCH3 is 1. The normalized spacial score (nSPS) is 12.6. The van der Waals surface area contributed by atoms with Crippen LogP contribution in [0.2, 0.25) is 0 Å². The van der Waals surface area contributed by atoms with Crippen molar-refractivity contribution in [2.75, 3.05) is 20.2 Å². The molecule has 0 aliphatic heterocycles. The SMILES string of the molecule is COc1ccc(S(=O)(=O)N(CCC(N)Cc2ccc(OCc3ccccc3)cc2)CC(C)C)cc1. The fourth-order valence-corrected chi connectivity index (χ4v) is 5.41. The van der Waals surface area contributed by atoms with Gasteiger partial charge in [-0.15, -0.1) is 0 Å². The van der Waals surface area contributed by atoms with E-state index in [4.69, 9.17) is 15.2 Å². The fraction of sp³-hybridized carbons (Fsp3) is 0.357. The van der Waals surface area contributed by atoms with Crippen molar-refractivity contribution in [1.29, 1.82) is 0 Å². The summed E-state index contributed by atoms with van der Waals surface area (Å²) in [4.78, 5) is 0.263. The predicted octanol–water partition coefficient (Wildman–Crippen LogP) is 4.88. The molecule has 3 aromatic carbocycles. The van der Waals surface area contributed by atoms with E-state index in [0.29, 0.717) is 38.3 Å². The van der Waals surface area contributed by atoms with Crippen LogP contribution in [0.1, 0.15) is 31.4 Å². The van der Waals surface area contributed by atoms with E-state index in [1.54, 1.807) is 35.7 Å². The number of nitrogens with zero attached hydrogens (tertiary/aromatic N) is 1. The fourth-order valence-electron chi connectivity index (χ4n) is 3.79. The Labute approximate surface area is 209 Å². The maximum absolute atomic E-state index is 13.3. The molecule has 0 saturated heterocycles. The summed E-state index contributed by atoms with van der Waals surface area (Å²) in [6.07, 6.45) is 1.23. The van der Waals surface area contributed by atoms with E-state index in [-0.39, 0.29) is 16.9 Å². The Morgan fingerprint density at radius 3 is 2.09 bits per heavy atom. The zero-order chi connectivity index (χ0) is 25.3. The Morgan fingerprint density at radius 1 is 0.857 bits per heavy atom. The van der Waals surface area contributed by atoms with Crippen molar-refractivity contribution in [3.8, 4) is 11.5 Å². The van der Waals surface area contributed by atoms with Crippen molar-refractivity contribution in [1.82, 2.24) is 4.31 Å². The van der Waals surface area contributed by atoms with Gasteiger partial charge in [0.2, 0.25) is 10.0 Å². The first-order valence-electron chi connectivity index (χ1n) is 11.9. The molecule has 1 atom stereocenters. The maximum atomic E-state index is 13.3. The molecule has 3 aromatic rings. The number of rotatable bonds is 13. The third-order valence-electron chi connectivity index (χ3n) is 5.68. The lowest BCUT2D eigenvalue weighted by atomic mass is 10.0. The van der Waals surface area contributed by atoms with E-state index in [1.807, 2.05) is 68.4 Å². The minimum absolute atomic E-state index is 0.160. The first kappa shape index (κ1) is 26.7. The third kappa shape index (κ3) is 8.09. The molecule has 0 radical (unpaired) electrons. The quantitative estimate of drug-likeness (QED) is 0.365. The summed E-state index contributed by atoms with van der Waals surface area (Å²) in [5, 5.41) is 0. The molecule has 1 unspecified atom stereocenters. The summed E-state index contributed by atoms with van der Waals surface area (Å²) in [5.41, 5.74) is 8.62. The third-order valence-corrected chi connectivity index (χ3v) is 7.56. The largest absolute Gasteiger partial charge is 0.497 e. The van der Waals surface area contributed by atoms with Crippen LogP contribution in [-0.4, -0.2) is 39.0 Å². The first-order chi connectivity index (χ1) is 16.8. The van der Waals surface area contributed by atoms with Gasteiger partial charge in [-0.1, -0.05) is 56.3 Å². The minimum atomic E-state index is -3.62. The van der Waals surface area contributed by atoms with Crippen LogP contribution in [0.3, 0.4) is 0 Å². The molecule has 188 valence electrons. The maximum Gasteiger partial charge on any atom is 0.243 e. The Bertz CT molecular complexity index is 1130. The zero-order valence-electron chi connectivity index (χ0n) is 20.8. The summed E-state index contributed by atoms with van der Waals surface area (Å²) >= 11 is 0. The topological polar surface area (TPSA) is 81.9 Å². The van der Waals surface area contributed by atoms with Gasteiger partial charge in [-0.3, -0.25) is 0 Å². The smallest absolute Gasteiger partial charge is 0.243 e. The van der Waals surface area contributed by atoms with E-state index in [1.165, 1.54) is 0 Å². The van der Waals surface area contributed by atoms with Gasteiger partial charge in [0.05, 0.1) is 12.0 Å². The summed E-state index contributed by atoms with van der Waals surface area (Å²) < 4.78 is 39.1. The molecule has 0 aliphatic rings. The Kier molecular flexibility index (Phi) is 9.72. The van der Waals surface area contributed by atoms with Crippen LogP contribution in [0.15, 0.2) is 83.8 Å². The molecule has 2 N–H and O–H groups in total. The number of nitrogens with two attached hydrogens (primary N) is 1. The van der Waals surface area contributed by atoms with E-state index < -0.39 is 10.0 Å². The Hall–Kier alpha value is -2.87. The van der Waals surface area contributed by atoms with Gasteiger partial charge in [-0.25, -0.2) is 8.42 Å². The van der Waals surface area contributed by atoms with Crippen LogP contribution < -0.4 is 15.2 Å². The molecule has 6 nitrogen and oxygen atoms in total. The van der Waals surface area contributed by atoms with Gasteiger partial charge >= 0.3 is 0 Å². The molecule has 0 bridgehead atoms. The molecular weight excluding hydrogens is 460 g/mol. The Balaban J connectivity index is 1.56. The van der Waals surface area contributed by atoms with Crippen LogP contribution >= 0.6 is 0 Å². The van der Waals surface area contributed by atoms with E-state index in [2.05, 4.69) is 0 Å². The number of sulfonamides is 1. The standard InChI is InChI=1S/C28H36N2O4S/c1-22(2)20-30(35(31,32)28-15-13-26(33-3)14-16-28)18-17-25(29)19-23-9-11-27(12-10-23)34-21-24-7-5-4-6-8-24/h4-16,22,25H,17-21,29H2,1-3H3. The first-order valence-corrected chi connectivity index (χ1v) is 13.4. The molecule has 35 heavy (non-hydrogen) atoms. The number of hydrogen-bond donors (Lipinski definition) is 1. The van der Waals surface area contributed by atoms with Crippen LogP contribution in [0, 0.1) is 5.92 Å². The highest BCUT2D eigenvalue weighted by molar-refractivity contribution is 7.89. The lowest BCUT2D eigenvalue weighted by Gasteiger charge is -2.25. The second-order valence-corrected chi connectivity index (χ2v) is 11.0. The number of hydrogen-bond acceptors (Lipinski definition) is 5. The molecule has 0 amide bonds. The average Bonchev–Trinajstić information content (AvgIpc) is 2.86. The highest BCUT2D eigenvalue weighted by atomic mass is 32.2. The molecule has 0 aromatic heterocycles. The van der Waals surface area contributed by atoms with Crippen molar-refractivity contribution in [2.24, 2.45) is 11.7 Å². The highest BCUT2D eigenvalue weighted by Crippen LogP contribution is 2.21. The molecule has 0 heterocycles. The van der Waals surface area contributed by atoms with Gasteiger partial charge in [-0.2, -0.15) is 4.31 Å².